The molecule has 0 aliphatic carbocycles. The fraction of sp³-hybridized carbons (Fsp3) is 0.846. The van der Waals surface area contributed by atoms with Crippen molar-refractivity contribution < 1.29 is 0 Å². The molecule has 0 fully saturated rings. The molecule has 4 heteroatoms. The molecule has 0 bridgehead atoms. The van der Waals surface area contributed by atoms with Crippen LogP contribution in [0.1, 0.15) is 64.6 Å². The summed E-state index contributed by atoms with van der Waals surface area (Å²) in [4.78, 5) is 0. The normalized spacial score (nSPS) is 12.9. The van der Waals surface area contributed by atoms with Crippen LogP contribution in [0.4, 0.5) is 0 Å². The Morgan fingerprint density at radius 3 is 2.71 bits per heavy atom. The first-order chi connectivity index (χ1) is 8.33. The highest BCUT2D eigenvalue weighted by Crippen LogP contribution is 2.18. The van der Waals surface area contributed by atoms with Gasteiger partial charge in [0.25, 0.3) is 0 Å². The highest BCUT2D eigenvalue weighted by atomic mass is 15.4. The van der Waals surface area contributed by atoms with Crippen molar-refractivity contribution in [3.8, 4) is 0 Å². The Balaban J connectivity index is 2.68. The molecule has 0 saturated heterocycles. The predicted molar refractivity (Wildman–Crippen MR) is 70.9 cm³/mol. The van der Waals surface area contributed by atoms with Crippen LogP contribution >= 0.6 is 0 Å². The van der Waals surface area contributed by atoms with Gasteiger partial charge in [-0.25, -0.2) is 4.68 Å². The number of aryl methyl sites for hydroxylation is 1. The van der Waals surface area contributed by atoms with Gasteiger partial charge in [-0.3, -0.25) is 0 Å². The Labute approximate surface area is 105 Å². The largest absolute Gasteiger partial charge is 0.309 e. The summed E-state index contributed by atoms with van der Waals surface area (Å²) >= 11 is 0. The molecular weight excluding hydrogens is 212 g/mol. The van der Waals surface area contributed by atoms with Gasteiger partial charge in [-0.15, -0.1) is 5.10 Å². The first-order valence-corrected chi connectivity index (χ1v) is 6.95. The minimum Gasteiger partial charge on any atom is -0.309 e. The lowest BCUT2D eigenvalue weighted by Crippen LogP contribution is -2.25. The van der Waals surface area contributed by atoms with E-state index in [0.29, 0.717) is 6.04 Å². The van der Waals surface area contributed by atoms with Crippen LogP contribution in [0.25, 0.3) is 0 Å². The van der Waals surface area contributed by atoms with E-state index in [1.54, 1.807) is 0 Å². The van der Waals surface area contributed by atoms with E-state index in [1.165, 1.54) is 25.0 Å². The van der Waals surface area contributed by atoms with Crippen molar-refractivity contribution in [1.82, 2.24) is 20.3 Å². The molecule has 1 aromatic heterocycles. The van der Waals surface area contributed by atoms with E-state index >= 15 is 0 Å². The number of rotatable bonds is 9. The van der Waals surface area contributed by atoms with E-state index in [1.807, 2.05) is 10.9 Å². The van der Waals surface area contributed by atoms with Crippen LogP contribution < -0.4 is 5.32 Å². The number of aromatic nitrogens is 3. The van der Waals surface area contributed by atoms with Crippen LogP contribution in [0, 0.1) is 0 Å². The second-order valence-corrected chi connectivity index (χ2v) is 4.53. The van der Waals surface area contributed by atoms with E-state index in [9.17, 15) is 0 Å². The van der Waals surface area contributed by atoms with Crippen LogP contribution in [0.5, 0.6) is 0 Å². The lowest BCUT2D eigenvalue weighted by Gasteiger charge is -2.18. The van der Waals surface area contributed by atoms with Crippen LogP contribution in [0.3, 0.4) is 0 Å². The highest BCUT2D eigenvalue weighted by molar-refractivity contribution is 5.02. The lowest BCUT2D eigenvalue weighted by molar-refractivity contribution is 0.435. The Morgan fingerprint density at radius 1 is 1.24 bits per heavy atom. The smallest absolute Gasteiger partial charge is 0.0756 e. The zero-order chi connectivity index (χ0) is 12.5. The number of hydrogen-bond donors (Lipinski definition) is 1. The maximum Gasteiger partial charge on any atom is 0.0756 e. The Kier molecular flexibility index (Phi) is 6.86. The van der Waals surface area contributed by atoms with Crippen molar-refractivity contribution in [3.63, 3.8) is 0 Å². The van der Waals surface area contributed by atoms with Gasteiger partial charge in [-0.1, -0.05) is 38.8 Å². The van der Waals surface area contributed by atoms with Crippen molar-refractivity contribution in [2.24, 2.45) is 0 Å². The third kappa shape index (κ3) is 4.46. The molecule has 0 amide bonds. The van der Waals surface area contributed by atoms with Crippen molar-refractivity contribution in [2.45, 2.75) is 65.5 Å². The van der Waals surface area contributed by atoms with Crippen LogP contribution in [0.2, 0.25) is 0 Å². The summed E-state index contributed by atoms with van der Waals surface area (Å²) in [5.41, 5.74) is 1.24. The summed E-state index contributed by atoms with van der Waals surface area (Å²) < 4.78 is 2.04. The minimum absolute atomic E-state index is 0.413. The molecule has 0 radical (unpaired) electrons. The van der Waals surface area contributed by atoms with Gasteiger partial charge in [0.05, 0.1) is 17.9 Å². The lowest BCUT2D eigenvalue weighted by atomic mass is 10.1. The van der Waals surface area contributed by atoms with Gasteiger partial charge in [-0.05, 0) is 25.8 Å². The molecule has 0 saturated carbocycles. The molecule has 1 unspecified atom stereocenters. The second-order valence-electron chi connectivity index (χ2n) is 4.53. The Hall–Kier alpha value is -0.900. The topological polar surface area (TPSA) is 42.7 Å². The predicted octanol–water partition coefficient (Wildman–Crippen LogP) is 2.92. The molecule has 1 rings (SSSR count). The zero-order valence-corrected chi connectivity index (χ0v) is 11.4. The van der Waals surface area contributed by atoms with Crippen molar-refractivity contribution in [1.29, 1.82) is 0 Å². The van der Waals surface area contributed by atoms with E-state index in [0.717, 1.165) is 25.9 Å². The minimum atomic E-state index is 0.413. The third-order valence-corrected chi connectivity index (χ3v) is 2.93. The Bertz CT molecular complexity index is 287. The quantitative estimate of drug-likeness (QED) is 0.719. The molecule has 1 atom stereocenters. The number of hydrogen-bond acceptors (Lipinski definition) is 3. The maximum atomic E-state index is 4.17. The zero-order valence-electron chi connectivity index (χ0n) is 11.4. The summed E-state index contributed by atoms with van der Waals surface area (Å²) in [5.74, 6) is 0. The molecule has 0 aliphatic heterocycles. The molecular formula is C13H26N4. The van der Waals surface area contributed by atoms with Gasteiger partial charge >= 0.3 is 0 Å². The standard InChI is InChI=1S/C13H26N4/c1-4-7-8-12(14-9-5-2)13-11-15-16-17(13)10-6-3/h11-12,14H,4-10H2,1-3H3. The van der Waals surface area contributed by atoms with Gasteiger partial charge < -0.3 is 5.32 Å². The number of unbranched alkanes of at least 4 members (excludes halogenated alkanes) is 1. The molecule has 98 valence electrons. The first kappa shape index (κ1) is 14.2. The van der Waals surface area contributed by atoms with Gasteiger partial charge in [0, 0.05) is 6.54 Å². The average Bonchev–Trinajstić information content (AvgIpc) is 2.78. The van der Waals surface area contributed by atoms with Crippen LogP contribution in [-0.2, 0) is 6.54 Å². The fourth-order valence-electron chi connectivity index (χ4n) is 2.00. The molecule has 0 aliphatic rings. The number of nitrogens with zero attached hydrogens (tertiary/aromatic N) is 3. The molecule has 1 aromatic rings. The van der Waals surface area contributed by atoms with E-state index in [2.05, 4.69) is 36.4 Å². The first-order valence-electron chi connectivity index (χ1n) is 6.95. The van der Waals surface area contributed by atoms with Crippen molar-refractivity contribution in [2.75, 3.05) is 6.54 Å². The molecule has 0 aromatic carbocycles. The highest BCUT2D eigenvalue weighted by Gasteiger charge is 2.15. The fourth-order valence-corrected chi connectivity index (χ4v) is 2.00. The third-order valence-electron chi connectivity index (χ3n) is 2.93. The van der Waals surface area contributed by atoms with Crippen LogP contribution in [-0.4, -0.2) is 21.5 Å². The van der Waals surface area contributed by atoms with Crippen molar-refractivity contribution >= 4 is 0 Å². The molecule has 17 heavy (non-hydrogen) atoms. The average molecular weight is 238 g/mol. The Morgan fingerprint density at radius 2 is 2.06 bits per heavy atom. The van der Waals surface area contributed by atoms with Gasteiger partial charge in [0.2, 0.25) is 0 Å². The van der Waals surface area contributed by atoms with E-state index in [-0.39, 0.29) is 0 Å². The summed E-state index contributed by atoms with van der Waals surface area (Å²) in [7, 11) is 0. The van der Waals surface area contributed by atoms with Crippen LogP contribution in [0.15, 0.2) is 6.20 Å². The van der Waals surface area contributed by atoms with Crippen molar-refractivity contribution in [3.05, 3.63) is 11.9 Å². The molecule has 4 nitrogen and oxygen atoms in total. The van der Waals surface area contributed by atoms with Gasteiger partial charge in [0.15, 0.2) is 0 Å². The maximum absolute atomic E-state index is 4.17. The summed E-state index contributed by atoms with van der Waals surface area (Å²) in [6.07, 6.45) is 7.84. The van der Waals surface area contributed by atoms with Gasteiger partial charge in [0.1, 0.15) is 0 Å². The monoisotopic (exact) mass is 238 g/mol. The molecule has 1 N–H and O–H groups in total. The molecule has 1 heterocycles. The van der Waals surface area contributed by atoms with E-state index in [4.69, 9.17) is 0 Å². The summed E-state index contributed by atoms with van der Waals surface area (Å²) in [6, 6.07) is 0.413. The van der Waals surface area contributed by atoms with E-state index < -0.39 is 0 Å². The SMILES string of the molecule is CCCCC(NCCC)c1cnnn1CCC. The summed E-state index contributed by atoms with van der Waals surface area (Å²) in [5, 5.41) is 11.8. The molecule has 0 spiro atoms. The second kappa shape index (κ2) is 8.23. The van der Waals surface area contributed by atoms with Gasteiger partial charge in [-0.2, -0.15) is 0 Å². The number of nitrogens with one attached hydrogen (secondary N) is 1. The summed E-state index contributed by atoms with van der Waals surface area (Å²) in [6.45, 7) is 8.63.